The summed E-state index contributed by atoms with van der Waals surface area (Å²) in [5.74, 6) is -0.823. The number of hydrogen-bond donors (Lipinski definition) is 3. The lowest BCUT2D eigenvalue weighted by Gasteiger charge is -2.28. The number of aromatic nitrogens is 2. The van der Waals surface area contributed by atoms with E-state index in [4.69, 9.17) is 10.5 Å². The van der Waals surface area contributed by atoms with Gasteiger partial charge in [-0.3, -0.25) is 10.1 Å². The molecular formula is C11H14N4O4. The van der Waals surface area contributed by atoms with Gasteiger partial charge in [0.15, 0.2) is 5.82 Å². The minimum Gasteiger partial charge on any atom is -0.428 e. The van der Waals surface area contributed by atoms with Crippen LogP contribution in [0.3, 0.4) is 0 Å². The van der Waals surface area contributed by atoms with Crippen molar-refractivity contribution < 1.29 is 14.3 Å². The van der Waals surface area contributed by atoms with Crippen molar-refractivity contribution in [3.8, 4) is 0 Å². The molecule has 1 aromatic heterocycles. The first kappa shape index (κ1) is 14.4. The van der Waals surface area contributed by atoms with Crippen LogP contribution in [0.15, 0.2) is 29.2 Å². The molecule has 8 heteroatoms. The molecule has 0 aliphatic carbocycles. The summed E-state index contributed by atoms with van der Waals surface area (Å²) in [6.07, 6.45) is 1.21. The molecule has 0 aromatic carbocycles. The summed E-state index contributed by atoms with van der Waals surface area (Å²) in [4.78, 5) is 40.0. The molecule has 0 fully saturated rings. The number of nitrogens with one attached hydrogen (secondary N) is 2. The van der Waals surface area contributed by atoms with Gasteiger partial charge in [-0.15, -0.1) is 0 Å². The highest BCUT2D eigenvalue weighted by atomic mass is 16.6. The molecular weight excluding hydrogens is 252 g/mol. The van der Waals surface area contributed by atoms with Crippen molar-refractivity contribution in [2.75, 3.05) is 0 Å². The highest BCUT2D eigenvalue weighted by Crippen LogP contribution is 2.18. The first-order chi connectivity index (χ1) is 8.74. The second kappa shape index (κ2) is 5.34. The average Bonchev–Trinajstić information content (AvgIpc) is 2.27. The predicted octanol–water partition coefficient (Wildman–Crippen LogP) is -0.270. The summed E-state index contributed by atoms with van der Waals surface area (Å²) in [5, 5.41) is 2.21. The maximum Gasteiger partial charge on any atom is 0.335 e. The van der Waals surface area contributed by atoms with Gasteiger partial charge >= 0.3 is 12.0 Å². The molecule has 0 saturated carbocycles. The molecule has 1 atom stereocenters. The van der Waals surface area contributed by atoms with E-state index in [0.29, 0.717) is 0 Å². The lowest BCUT2D eigenvalue weighted by atomic mass is 10.2. The van der Waals surface area contributed by atoms with Crippen LogP contribution in [0, 0.1) is 0 Å². The van der Waals surface area contributed by atoms with E-state index in [0.717, 1.165) is 0 Å². The Morgan fingerprint density at radius 1 is 1.58 bits per heavy atom. The Kier molecular flexibility index (Phi) is 4.05. The molecule has 1 heterocycles. The largest absolute Gasteiger partial charge is 0.428 e. The number of hydrogen-bond acceptors (Lipinski definition) is 5. The number of amides is 2. The normalized spacial score (nSPS) is 13.2. The number of carbonyl (C=O) groups is 2. The van der Waals surface area contributed by atoms with Crippen molar-refractivity contribution in [3.05, 3.63) is 40.6 Å². The number of nitrogens with zero attached hydrogens (tertiary/aromatic N) is 1. The van der Waals surface area contributed by atoms with Gasteiger partial charge in [-0.1, -0.05) is 6.58 Å². The van der Waals surface area contributed by atoms with Crippen LogP contribution in [0.5, 0.6) is 0 Å². The summed E-state index contributed by atoms with van der Waals surface area (Å²) >= 11 is 0. The third-order valence-corrected chi connectivity index (χ3v) is 2.13. The molecule has 0 aliphatic rings. The second-order valence-electron chi connectivity index (χ2n) is 3.98. The Labute approximate surface area is 108 Å². The maximum absolute atomic E-state index is 11.6. The van der Waals surface area contributed by atoms with Crippen molar-refractivity contribution in [2.24, 2.45) is 5.73 Å². The van der Waals surface area contributed by atoms with Gasteiger partial charge in [0, 0.05) is 24.8 Å². The smallest absolute Gasteiger partial charge is 0.335 e. The summed E-state index contributed by atoms with van der Waals surface area (Å²) < 4.78 is 5.07. The first-order valence-electron chi connectivity index (χ1n) is 5.27. The second-order valence-corrected chi connectivity index (χ2v) is 3.98. The molecule has 8 nitrogen and oxygen atoms in total. The quantitative estimate of drug-likeness (QED) is 0.392. The number of carbonyl (C=O) groups excluding carboxylic acids is 2. The van der Waals surface area contributed by atoms with Crippen LogP contribution in [0.2, 0.25) is 0 Å². The molecule has 0 saturated heterocycles. The summed E-state index contributed by atoms with van der Waals surface area (Å²) in [6.45, 7) is 6.19. The van der Waals surface area contributed by atoms with Gasteiger partial charge in [-0.25, -0.2) is 14.6 Å². The van der Waals surface area contributed by atoms with Gasteiger partial charge in [0.25, 0.3) is 5.56 Å². The van der Waals surface area contributed by atoms with Crippen molar-refractivity contribution in [3.63, 3.8) is 0 Å². The van der Waals surface area contributed by atoms with E-state index in [1.807, 2.05) is 0 Å². The van der Waals surface area contributed by atoms with Crippen molar-refractivity contribution >= 4 is 12.0 Å². The number of H-pyrrole nitrogens is 1. The van der Waals surface area contributed by atoms with E-state index in [2.05, 4.69) is 21.9 Å². The molecule has 0 bridgehead atoms. The van der Waals surface area contributed by atoms with Gasteiger partial charge < -0.3 is 15.5 Å². The highest BCUT2D eigenvalue weighted by Gasteiger charge is 2.35. The Morgan fingerprint density at radius 2 is 2.21 bits per heavy atom. The number of urea groups is 1. The zero-order valence-corrected chi connectivity index (χ0v) is 10.5. The maximum atomic E-state index is 11.6. The predicted molar refractivity (Wildman–Crippen MR) is 65.8 cm³/mol. The minimum atomic E-state index is -1.69. The fraction of sp³-hybridized carbons (Fsp3) is 0.273. The number of ether oxygens (including phenoxy) is 1. The first-order valence-corrected chi connectivity index (χ1v) is 5.27. The summed E-state index contributed by atoms with van der Waals surface area (Å²) in [7, 11) is 0. The van der Waals surface area contributed by atoms with Gasteiger partial charge in [-0.05, 0) is 6.92 Å². The number of esters is 1. The van der Waals surface area contributed by atoms with Crippen molar-refractivity contribution in [2.45, 2.75) is 19.6 Å². The third-order valence-electron chi connectivity index (χ3n) is 2.13. The van der Waals surface area contributed by atoms with Crippen LogP contribution in [-0.4, -0.2) is 22.0 Å². The van der Waals surface area contributed by atoms with E-state index in [1.54, 1.807) is 0 Å². The molecule has 1 aromatic rings. The Morgan fingerprint density at radius 3 is 2.68 bits per heavy atom. The molecule has 1 unspecified atom stereocenters. The molecule has 1 rings (SSSR count). The van der Waals surface area contributed by atoms with Crippen LogP contribution in [0.25, 0.3) is 0 Å². The fourth-order valence-corrected chi connectivity index (χ4v) is 1.25. The van der Waals surface area contributed by atoms with E-state index in [-0.39, 0.29) is 11.4 Å². The topological polar surface area (TPSA) is 127 Å². The van der Waals surface area contributed by atoms with E-state index >= 15 is 0 Å². The van der Waals surface area contributed by atoms with Crippen LogP contribution in [-0.2, 0) is 15.3 Å². The Balaban J connectivity index is 3.19. The summed E-state index contributed by atoms with van der Waals surface area (Å²) in [6, 6.07) is 0.234. The van der Waals surface area contributed by atoms with E-state index in [1.165, 1.54) is 26.1 Å². The molecule has 0 aliphatic heterocycles. The van der Waals surface area contributed by atoms with Gasteiger partial charge in [0.2, 0.25) is 5.72 Å². The summed E-state index contributed by atoms with van der Waals surface area (Å²) in [5.41, 5.74) is 2.99. The third kappa shape index (κ3) is 3.66. The molecule has 0 spiro atoms. The minimum absolute atomic E-state index is 0.0617. The highest BCUT2D eigenvalue weighted by molar-refractivity contribution is 5.87. The van der Waals surface area contributed by atoms with Crippen LogP contribution in [0.1, 0.15) is 19.7 Å². The Hall–Kier alpha value is -2.64. The van der Waals surface area contributed by atoms with Crippen LogP contribution in [0.4, 0.5) is 4.79 Å². The number of primary amides is 1. The molecule has 4 N–H and O–H groups in total. The van der Waals surface area contributed by atoms with Crippen molar-refractivity contribution in [1.82, 2.24) is 15.3 Å². The molecule has 19 heavy (non-hydrogen) atoms. The van der Waals surface area contributed by atoms with Crippen molar-refractivity contribution in [1.29, 1.82) is 0 Å². The van der Waals surface area contributed by atoms with Gasteiger partial charge in [0.05, 0.1) is 0 Å². The lowest BCUT2D eigenvalue weighted by Crippen LogP contribution is -2.50. The van der Waals surface area contributed by atoms with Gasteiger partial charge in [0.1, 0.15) is 0 Å². The van der Waals surface area contributed by atoms with E-state index in [9.17, 15) is 14.4 Å². The average molecular weight is 266 g/mol. The number of aromatic amines is 1. The van der Waals surface area contributed by atoms with E-state index < -0.39 is 23.3 Å². The fourth-order valence-electron chi connectivity index (χ4n) is 1.25. The van der Waals surface area contributed by atoms with Crippen LogP contribution < -0.4 is 16.6 Å². The monoisotopic (exact) mass is 266 g/mol. The number of nitrogens with two attached hydrogens (primary N) is 1. The number of rotatable bonds is 4. The van der Waals surface area contributed by atoms with Gasteiger partial charge in [-0.2, -0.15) is 0 Å². The molecule has 102 valence electrons. The zero-order chi connectivity index (χ0) is 14.6. The SMILES string of the molecule is C=C(C)C(=O)OC(C)(NC(N)=O)c1nccc(=O)[nH]1. The molecule has 2 amide bonds. The Bertz CT molecular complexity index is 580. The van der Waals surface area contributed by atoms with Crippen LogP contribution >= 0.6 is 0 Å². The lowest BCUT2D eigenvalue weighted by molar-refractivity contribution is -0.157. The standard InChI is InChI=1S/C11H14N4O4/c1-6(2)8(17)19-11(3,15-10(12)18)9-13-5-4-7(16)14-9/h4-5H,1H2,2-3H3,(H3,12,15,18)(H,13,14,16). The zero-order valence-electron chi connectivity index (χ0n) is 10.5. The molecule has 0 radical (unpaired) electrons.